The maximum Gasteiger partial charge on any atom is 0.257 e. The van der Waals surface area contributed by atoms with Crippen LogP contribution in [0.2, 0.25) is 0 Å². The van der Waals surface area contributed by atoms with Gasteiger partial charge in [-0.15, -0.1) is 0 Å². The predicted octanol–water partition coefficient (Wildman–Crippen LogP) is 0.613. The van der Waals surface area contributed by atoms with E-state index in [1.807, 2.05) is 6.92 Å². The second kappa shape index (κ2) is 8.28. The topological polar surface area (TPSA) is 84.9 Å². The number of hydrogen-bond acceptors (Lipinski definition) is 5. The second-order valence-electron chi connectivity index (χ2n) is 5.13. The Morgan fingerprint density at radius 2 is 1.91 bits per heavy atom. The van der Waals surface area contributed by atoms with E-state index in [2.05, 4.69) is 5.32 Å². The number of morpholine rings is 1. The number of rotatable bonds is 7. The molecule has 2 rings (SSSR count). The van der Waals surface area contributed by atoms with Crippen LogP contribution in [0.1, 0.15) is 13.3 Å². The van der Waals surface area contributed by atoms with Crippen molar-refractivity contribution in [2.24, 2.45) is 0 Å². The van der Waals surface area contributed by atoms with Crippen LogP contribution in [0.3, 0.4) is 0 Å². The van der Waals surface area contributed by atoms with Crippen LogP contribution in [0.5, 0.6) is 5.75 Å². The Labute approximate surface area is 136 Å². The number of amides is 1. The lowest BCUT2D eigenvalue weighted by molar-refractivity contribution is -0.123. The summed E-state index contributed by atoms with van der Waals surface area (Å²) >= 11 is 0. The predicted molar refractivity (Wildman–Crippen MR) is 84.8 cm³/mol. The van der Waals surface area contributed by atoms with Gasteiger partial charge < -0.3 is 14.8 Å². The van der Waals surface area contributed by atoms with E-state index in [9.17, 15) is 13.2 Å². The van der Waals surface area contributed by atoms with Gasteiger partial charge in [0.2, 0.25) is 10.0 Å². The standard InChI is InChI=1S/C15H22N2O5S/c1-2-7-16-15(18)12-22-13-3-5-14(6-4-13)23(19,20)17-8-10-21-11-9-17/h3-6H,2,7-12H2,1H3,(H,16,18). The molecule has 1 aliphatic rings. The molecule has 23 heavy (non-hydrogen) atoms. The van der Waals surface area contributed by atoms with Crippen molar-refractivity contribution >= 4 is 15.9 Å². The van der Waals surface area contributed by atoms with Gasteiger partial charge in [-0.3, -0.25) is 4.79 Å². The third-order valence-corrected chi connectivity index (χ3v) is 5.29. The molecule has 0 atom stereocenters. The van der Waals surface area contributed by atoms with Gasteiger partial charge in [-0.1, -0.05) is 6.92 Å². The Kier molecular flexibility index (Phi) is 6.37. The molecule has 1 aromatic carbocycles. The fraction of sp³-hybridized carbons (Fsp3) is 0.533. The number of nitrogens with zero attached hydrogens (tertiary/aromatic N) is 1. The van der Waals surface area contributed by atoms with Gasteiger partial charge in [-0.25, -0.2) is 8.42 Å². The van der Waals surface area contributed by atoms with E-state index < -0.39 is 10.0 Å². The maximum absolute atomic E-state index is 12.4. The zero-order valence-electron chi connectivity index (χ0n) is 13.2. The van der Waals surface area contributed by atoms with Crippen molar-refractivity contribution in [1.82, 2.24) is 9.62 Å². The molecule has 0 aromatic heterocycles. The quantitative estimate of drug-likeness (QED) is 0.785. The van der Waals surface area contributed by atoms with Crippen LogP contribution in [0, 0.1) is 0 Å². The fourth-order valence-electron chi connectivity index (χ4n) is 2.11. The van der Waals surface area contributed by atoms with Crippen molar-refractivity contribution in [2.75, 3.05) is 39.5 Å². The number of ether oxygens (including phenoxy) is 2. The van der Waals surface area contributed by atoms with Gasteiger partial charge in [0.1, 0.15) is 5.75 Å². The van der Waals surface area contributed by atoms with E-state index >= 15 is 0 Å². The first-order valence-corrected chi connectivity index (χ1v) is 9.05. The van der Waals surface area contributed by atoms with E-state index in [0.29, 0.717) is 38.6 Å². The van der Waals surface area contributed by atoms with Crippen molar-refractivity contribution in [3.05, 3.63) is 24.3 Å². The number of nitrogens with one attached hydrogen (secondary N) is 1. The van der Waals surface area contributed by atoms with Gasteiger partial charge in [0.25, 0.3) is 5.91 Å². The monoisotopic (exact) mass is 342 g/mol. The summed E-state index contributed by atoms with van der Waals surface area (Å²) < 4.78 is 36.8. The van der Waals surface area contributed by atoms with Gasteiger partial charge in [-0.05, 0) is 30.7 Å². The van der Waals surface area contributed by atoms with Crippen molar-refractivity contribution in [3.63, 3.8) is 0 Å². The lowest BCUT2D eigenvalue weighted by atomic mass is 10.3. The molecule has 7 nitrogen and oxygen atoms in total. The zero-order valence-corrected chi connectivity index (χ0v) is 14.0. The molecule has 128 valence electrons. The summed E-state index contributed by atoms with van der Waals surface area (Å²) in [4.78, 5) is 11.7. The van der Waals surface area contributed by atoms with Gasteiger partial charge in [0.05, 0.1) is 18.1 Å². The normalized spacial score (nSPS) is 16.0. The van der Waals surface area contributed by atoms with Crippen molar-refractivity contribution < 1.29 is 22.7 Å². The molecule has 0 radical (unpaired) electrons. The summed E-state index contributed by atoms with van der Waals surface area (Å²) in [5, 5.41) is 2.70. The molecule has 0 aliphatic carbocycles. The van der Waals surface area contributed by atoms with E-state index in [1.165, 1.54) is 16.4 Å². The van der Waals surface area contributed by atoms with Crippen LogP contribution in [-0.4, -0.2) is 58.1 Å². The van der Waals surface area contributed by atoms with Crippen molar-refractivity contribution in [1.29, 1.82) is 0 Å². The summed E-state index contributed by atoms with van der Waals surface area (Å²) in [6.07, 6.45) is 0.861. The average Bonchev–Trinajstić information content (AvgIpc) is 2.59. The third kappa shape index (κ3) is 4.92. The SMILES string of the molecule is CCCNC(=O)COc1ccc(S(=O)(=O)N2CCOCC2)cc1. The molecule has 1 aromatic rings. The molecular formula is C15H22N2O5S. The second-order valence-corrected chi connectivity index (χ2v) is 7.06. The number of carbonyl (C=O) groups excluding carboxylic acids is 1. The minimum atomic E-state index is -3.50. The Hall–Kier alpha value is -1.64. The van der Waals surface area contributed by atoms with Crippen molar-refractivity contribution in [2.45, 2.75) is 18.2 Å². The Bertz CT molecular complexity index is 609. The molecule has 0 spiro atoms. The highest BCUT2D eigenvalue weighted by atomic mass is 32.2. The first kappa shape index (κ1) is 17.7. The number of benzene rings is 1. The lowest BCUT2D eigenvalue weighted by Crippen LogP contribution is -2.40. The van der Waals surface area contributed by atoms with Gasteiger partial charge in [0, 0.05) is 19.6 Å². The first-order valence-electron chi connectivity index (χ1n) is 7.61. The molecule has 1 aliphatic heterocycles. The molecule has 0 saturated carbocycles. The first-order chi connectivity index (χ1) is 11.0. The molecule has 1 heterocycles. The molecule has 8 heteroatoms. The van der Waals surface area contributed by atoms with E-state index in [4.69, 9.17) is 9.47 Å². The smallest absolute Gasteiger partial charge is 0.257 e. The van der Waals surface area contributed by atoms with Gasteiger partial charge >= 0.3 is 0 Å². The fourth-order valence-corrected chi connectivity index (χ4v) is 3.52. The maximum atomic E-state index is 12.4. The lowest BCUT2D eigenvalue weighted by Gasteiger charge is -2.26. The third-order valence-electron chi connectivity index (χ3n) is 3.37. The summed E-state index contributed by atoms with van der Waals surface area (Å²) in [7, 11) is -3.50. The minimum Gasteiger partial charge on any atom is -0.484 e. The highest BCUT2D eigenvalue weighted by Crippen LogP contribution is 2.20. The summed E-state index contributed by atoms with van der Waals surface area (Å²) in [6.45, 7) is 4.03. The van der Waals surface area contributed by atoms with Crippen LogP contribution < -0.4 is 10.1 Å². The average molecular weight is 342 g/mol. The largest absolute Gasteiger partial charge is 0.484 e. The molecule has 0 unspecified atom stereocenters. The Morgan fingerprint density at radius 1 is 1.26 bits per heavy atom. The molecule has 1 amide bonds. The van der Waals surface area contributed by atoms with Crippen LogP contribution in [0.15, 0.2) is 29.2 Å². The van der Waals surface area contributed by atoms with E-state index in [1.54, 1.807) is 12.1 Å². The van der Waals surface area contributed by atoms with Crippen LogP contribution in [0.25, 0.3) is 0 Å². The summed E-state index contributed by atoms with van der Waals surface area (Å²) in [5.41, 5.74) is 0. The molecular weight excluding hydrogens is 320 g/mol. The van der Waals surface area contributed by atoms with Crippen LogP contribution >= 0.6 is 0 Å². The van der Waals surface area contributed by atoms with Gasteiger partial charge in [0.15, 0.2) is 6.61 Å². The van der Waals surface area contributed by atoms with Crippen LogP contribution in [-0.2, 0) is 19.6 Å². The number of sulfonamides is 1. The number of hydrogen-bond donors (Lipinski definition) is 1. The highest BCUT2D eigenvalue weighted by Gasteiger charge is 2.26. The Morgan fingerprint density at radius 3 is 2.52 bits per heavy atom. The minimum absolute atomic E-state index is 0.0877. The molecule has 1 saturated heterocycles. The zero-order chi connectivity index (χ0) is 16.7. The molecule has 1 N–H and O–H groups in total. The molecule has 1 fully saturated rings. The van der Waals surface area contributed by atoms with Gasteiger partial charge in [-0.2, -0.15) is 4.31 Å². The Balaban J connectivity index is 1.94. The van der Waals surface area contributed by atoms with E-state index in [-0.39, 0.29) is 17.4 Å². The van der Waals surface area contributed by atoms with E-state index in [0.717, 1.165) is 6.42 Å². The summed E-state index contributed by atoms with van der Waals surface area (Å²) in [6, 6.07) is 6.09. The van der Waals surface area contributed by atoms with Crippen LogP contribution in [0.4, 0.5) is 0 Å². The van der Waals surface area contributed by atoms with Crippen molar-refractivity contribution in [3.8, 4) is 5.75 Å². The number of carbonyl (C=O) groups is 1. The summed E-state index contributed by atoms with van der Waals surface area (Å²) in [5.74, 6) is 0.259. The molecule has 0 bridgehead atoms. The highest BCUT2D eigenvalue weighted by molar-refractivity contribution is 7.89.